The average molecular weight is 263 g/mol. The van der Waals surface area contributed by atoms with Crippen LogP contribution in [0.25, 0.3) is 11.6 Å². The molecule has 0 unspecified atom stereocenters. The van der Waals surface area contributed by atoms with Crippen LogP contribution in [0.15, 0.2) is 47.3 Å². The maximum Gasteiger partial charge on any atom is 0.243 e. The standard InChI is InChI=1S/C12H9NO2S2/c14-13(15)9-10(12-4-2-8-17-12)5-6-11-3-1-7-16-11/h1-9H/b6-5+,10-9+. The average Bonchev–Trinajstić information content (AvgIpc) is 2.96. The lowest BCUT2D eigenvalue weighted by Gasteiger charge is -1.93. The van der Waals surface area contributed by atoms with Crippen LogP contribution >= 0.6 is 22.7 Å². The molecule has 2 heterocycles. The van der Waals surface area contributed by atoms with Crippen molar-refractivity contribution >= 4 is 34.3 Å². The Morgan fingerprint density at radius 2 is 2.00 bits per heavy atom. The molecule has 0 amide bonds. The first-order valence-corrected chi connectivity index (χ1v) is 6.62. The van der Waals surface area contributed by atoms with Gasteiger partial charge in [0.15, 0.2) is 0 Å². The summed E-state index contributed by atoms with van der Waals surface area (Å²) in [6.45, 7) is 0. The van der Waals surface area contributed by atoms with Crippen molar-refractivity contribution in [3.05, 3.63) is 67.2 Å². The molecule has 3 nitrogen and oxygen atoms in total. The summed E-state index contributed by atoms with van der Waals surface area (Å²) in [6, 6.07) is 7.68. The molecule has 2 aromatic heterocycles. The summed E-state index contributed by atoms with van der Waals surface area (Å²) in [5.74, 6) is 0. The van der Waals surface area contributed by atoms with Crippen LogP contribution < -0.4 is 0 Å². The van der Waals surface area contributed by atoms with E-state index in [2.05, 4.69) is 0 Å². The SMILES string of the molecule is O=[N+]([O-])/C=C(\C=C\c1cccs1)c1cccs1. The lowest BCUT2D eigenvalue weighted by molar-refractivity contribution is -0.401. The van der Waals surface area contributed by atoms with Crippen molar-refractivity contribution in [3.63, 3.8) is 0 Å². The largest absolute Gasteiger partial charge is 0.259 e. The summed E-state index contributed by atoms with van der Waals surface area (Å²) >= 11 is 3.09. The lowest BCUT2D eigenvalue weighted by Crippen LogP contribution is -1.86. The lowest BCUT2D eigenvalue weighted by atomic mass is 10.2. The molecule has 0 fully saturated rings. The van der Waals surface area contributed by atoms with E-state index in [1.807, 2.05) is 41.1 Å². The highest BCUT2D eigenvalue weighted by Gasteiger charge is 2.04. The Morgan fingerprint density at radius 1 is 1.24 bits per heavy atom. The fraction of sp³-hybridized carbons (Fsp3) is 0. The minimum Gasteiger partial charge on any atom is -0.259 e. The number of hydrogen-bond acceptors (Lipinski definition) is 4. The van der Waals surface area contributed by atoms with E-state index >= 15 is 0 Å². The minimum absolute atomic E-state index is 0.423. The number of hydrogen-bond donors (Lipinski definition) is 0. The maximum absolute atomic E-state index is 10.6. The number of nitro groups is 1. The molecule has 2 aromatic rings. The summed E-state index contributed by atoms with van der Waals surface area (Å²) < 4.78 is 0. The van der Waals surface area contributed by atoms with Gasteiger partial charge in [-0.2, -0.15) is 0 Å². The third-order valence-electron chi connectivity index (χ3n) is 2.02. The van der Waals surface area contributed by atoms with E-state index in [1.165, 1.54) is 11.3 Å². The van der Waals surface area contributed by atoms with E-state index in [9.17, 15) is 10.1 Å². The Balaban J connectivity index is 2.26. The van der Waals surface area contributed by atoms with Crippen LogP contribution in [0.4, 0.5) is 0 Å². The summed E-state index contributed by atoms with van der Waals surface area (Å²) in [6.07, 6.45) is 4.70. The first kappa shape index (κ1) is 11.8. The second-order valence-electron chi connectivity index (χ2n) is 3.20. The molecule has 0 aromatic carbocycles. The molecule has 0 radical (unpaired) electrons. The van der Waals surface area contributed by atoms with Gasteiger partial charge in [-0.3, -0.25) is 10.1 Å². The zero-order valence-corrected chi connectivity index (χ0v) is 10.4. The fourth-order valence-corrected chi connectivity index (χ4v) is 2.64. The molecule has 17 heavy (non-hydrogen) atoms. The van der Waals surface area contributed by atoms with Gasteiger partial charge in [-0.25, -0.2) is 0 Å². The molecule has 5 heteroatoms. The molecule has 0 bridgehead atoms. The van der Waals surface area contributed by atoms with E-state index in [0.29, 0.717) is 5.57 Å². The van der Waals surface area contributed by atoms with Crippen LogP contribution in [0, 0.1) is 10.1 Å². The monoisotopic (exact) mass is 263 g/mol. The summed E-state index contributed by atoms with van der Waals surface area (Å²) in [4.78, 5) is 12.1. The van der Waals surface area contributed by atoms with E-state index in [0.717, 1.165) is 16.0 Å². The van der Waals surface area contributed by atoms with Crippen molar-refractivity contribution < 1.29 is 4.92 Å². The Morgan fingerprint density at radius 3 is 2.59 bits per heavy atom. The summed E-state index contributed by atoms with van der Waals surface area (Å²) in [7, 11) is 0. The third-order valence-corrected chi connectivity index (χ3v) is 3.78. The van der Waals surface area contributed by atoms with Gasteiger partial charge in [0.2, 0.25) is 6.20 Å². The molecule has 0 spiro atoms. The second-order valence-corrected chi connectivity index (χ2v) is 5.12. The molecule has 0 aliphatic heterocycles. The van der Waals surface area contributed by atoms with Crippen molar-refractivity contribution in [2.45, 2.75) is 0 Å². The molecule has 0 saturated heterocycles. The van der Waals surface area contributed by atoms with E-state index in [-0.39, 0.29) is 0 Å². The topological polar surface area (TPSA) is 43.1 Å². The van der Waals surface area contributed by atoms with Crippen molar-refractivity contribution in [3.8, 4) is 0 Å². The van der Waals surface area contributed by atoms with E-state index < -0.39 is 4.92 Å². The Kier molecular flexibility index (Phi) is 3.85. The molecule has 0 saturated carbocycles. The van der Waals surface area contributed by atoms with E-state index in [4.69, 9.17) is 0 Å². The van der Waals surface area contributed by atoms with Crippen LogP contribution in [0.1, 0.15) is 9.75 Å². The highest BCUT2D eigenvalue weighted by atomic mass is 32.1. The number of rotatable bonds is 4. The smallest absolute Gasteiger partial charge is 0.243 e. The van der Waals surface area contributed by atoms with Gasteiger partial charge in [-0.15, -0.1) is 22.7 Å². The molecule has 0 aliphatic rings. The third kappa shape index (κ3) is 3.37. The van der Waals surface area contributed by atoms with Crippen molar-refractivity contribution in [2.24, 2.45) is 0 Å². The molecule has 2 rings (SSSR count). The molecule has 0 atom stereocenters. The van der Waals surface area contributed by atoms with Gasteiger partial charge >= 0.3 is 0 Å². The van der Waals surface area contributed by atoms with Gasteiger partial charge in [0.1, 0.15) is 0 Å². The Bertz CT molecular complexity index is 539. The Hall–Kier alpha value is -1.72. The van der Waals surface area contributed by atoms with Gasteiger partial charge in [0, 0.05) is 9.75 Å². The zero-order valence-electron chi connectivity index (χ0n) is 8.78. The molecule has 0 N–H and O–H groups in total. The van der Waals surface area contributed by atoms with Gasteiger partial charge in [0.05, 0.1) is 10.5 Å². The predicted octanol–water partition coefficient (Wildman–Crippen LogP) is 4.14. The fourth-order valence-electron chi connectivity index (χ4n) is 1.30. The first-order chi connectivity index (χ1) is 8.25. The van der Waals surface area contributed by atoms with Crippen LogP contribution in [-0.2, 0) is 0 Å². The Labute approximate surface area is 107 Å². The molecule has 86 valence electrons. The first-order valence-electron chi connectivity index (χ1n) is 4.86. The van der Waals surface area contributed by atoms with Gasteiger partial charge < -0.3 is 0 Å². The van der Waals surface area contributed by atoms with Crippen molar-refractivity contribution in [1.82, 2.24) is 0 Å². The van der Waals surface area contributed by atoms with Crippen molar-refractivity contribution in [2.75, 3.05) is 0 Å². The van der Waals surface area contributed by atoms with Crippen molar-refractivity contribution in [1.29, 1.82) is 0 Å². The quantitative estimate of drug-likeness (QED) is 0.472. The highest BCUT2D eigenvalue weighted by molar-refractivity contribution is 7.11. The van der Waals surface area contributed by atoms with Crippen LogP contribution in [-0.4, -0.2) is 4.92 Å². The van der Waals surface area contributed by atoms with Crippen LogP contribution in [0.5, 0.6) is 0 Å². The van der Waals surface area contributed by atoms with Gasteiger partial charge in [0.25, 0.3) is 0 Å². The predicted molar refractivity (Wildman–Crippen MR) is 72.6 cm³/mol. The normalized spacial score (nSPS) is 12.1. The van der Waals surface area contributed by atoms with Gasteiger partial charge in [-0.1, -0.05) is 12.1 Å². The van der Waals surface area contributed by atoms with Crippen LogP contribution in [0.2, 0.25) is 0 Å². The number of nitrogens with zero attached hydrogens (tertiary/aromatic N) is 1. The molecule has 0 aliphatic carbocycles. The zero-order chi connectivity index (χ0) is 12.1. The highest BCUT2D eigenvalue weighted by Crippen LogP contribution is 2.23. The number of allylic oxidation sites excluding steroid dienone is 2. The molecular weight excluding hydrogens is 254 g/mol. The second kappa shape index (κ2) is 5.56. The van der Waals surface area contributed by atoms with Crippen LogP contribution in [0.3, 0.4) is 0 Å². The molecular formula is C12H9NO2S2. The van der Waals surface area contributed by atoms with E-state index in [1.54, 1.807) is 17.4 Å². The maximum atomic E-state index is 10.6. The summed E-state index contributed by atoms with van der Waals surface area (Å²) in [5.41, 5.74) is 0.624. The minimum atomic E-state index is -0.423. The number of thiophene rings is 2. The van der Waals surface area contributed by atoms with Gasteiger partial charge in [-0.05, 0) is 35.0 Å². The summed E-state index contributed by atoms with van der Waals surface area (Å²) in [5, 5.41) is 14.4.